The first kappa shape index (κ1) is 13.1. The fraction of sp³-hybridized carbons (Fsp3) is 0.222. The van der Waals surface area contributed by atoms with Crippen molar-refractivity contribution in [3.63, 3.8) is 0 Å². The van der Waals surface area contributed by atoms with E-state index in [2.05, 4.69) is 0 Å². The molecule has 0 aromatic heterocycles. The van der Waals surface area contributed by atoms with E-state index in [-0.39, 0.29) is 11.8 Å². The molecule has 2 unspecified atom stereocenters. The highest BCUT2D eigenvalue weighted by Gasteiger charge is 2.60. The zero-order valence-corrected chi connectivity index (χ0v) is 12.2. The molecule has 0 aliphatic carbocycles. The van der Waals surface area contributed by atoms with E-state index in [1.54, 1.807) is 19.1 Å². The summed E-state index contributed by atoms with van der Waals surface area (Å²) in [5.74, 6) is -0.260. The van der Waals surface area contributed by atoms with Gasteiger partial charge >= 0.3 is 0 Å². The lowest BCUT2D eigenvalue weighted by atomic mass is 9.83. The Labute approximate surface area is 128 Å². The average Bonchev–Trinajstić information content (AvgIpc) is 2.73. The molecule has 2 aromatic rings. The van der Waals surface area contributed by atoms with Crippen LogP contribution in [0.3, 0.4) is 0 Å². The van der Waals surface area contributed by atoms with Gasteiger partial charge in [0.15, 0.2) is 5.60 Å². The molecular weight excluding hydrogens is 278 g/mol. The van der Waals surface area contributed by atoms with Gasteiger partial charge < -0.3 is 4.74 Å². The molecule has 2 amide bonds. The van der Waals surface area contributed by atoms with Gasteiger partial charge in [-0.05, 0) is 37.1 Å². The Kier molecular flexibility index (Phi) is 2.64. The quantitative estimate of drug-likeness (QED) is 0.759. The summed E-state index contributed by atoms with van der Waals surface area (Å²) in [6.07, 6.45) is 0.528. The fourth-order valence-electron chi connectivity index (χ4n) is 3.30. The van der Waals surface area contributed by atoms with Gasteiger partial charge in [-0.25, -0.2) is 4.90 Å². The number of ether oxygens (including phenoxy) is 1. The second-order valence-corrected chi connectivity index (χ2v) is 5.89. The first-order valence-electron chi connectivity index (χ1n) is 7.31. The summed E-state index contributed by atoms with van der Waals surface area (Å²) in [6.45, 7) is 1.72. The SMILES string of the molecule is CC12Oc3ccccc3CC1C(=O)N(c1ccccc1)C2=O. The number of carbonyl (C=O) groups excluding carboxylic acids is 2. The van der Waals surface area contributed by atoms with Crippen molar-refractivity contribution in [2.45, 2.75) is 18.9 Å². The number of benzene rings is 2. The van der Waals surface area contributed by atoms with Gasteiger partial charge in [0, 0.05) is 0 Å². The van der Waals surface area contributed by atoms with E-state index >= 15 is 0 Å². The minimum absolute atomic E-state index is 0.187. The molecule has 110 valence electrons. The van der Waals surface area contributed by atoms with Gasteiger partial charge in [-0.3, -0.25) is 9.59 Å². The van der Waals surface area contributed by atoms with Crippen molar-refractivity contribution in [2.75, 3.05) is 4.90 Å². The number of para-hydroxylation sites is 2. The highest BCUT2D eigenvalue weighted by atomic mass is 16.5. The van der Waals surface area contributed by atoms with Crippen LogP contribution in [0.25, 0.3) is 0 Å². The summed E-state index contributed by atoms with van der Waals surface area (Å²) in [7, 11) is 0. The maximum Gasteiger partial charge on any atom is 0.278 e. The van der Waals surface area contributed by atoms with Crippen molar-refractivity contribution in [1.82, 2.24) is 0 Å². The van der Waals surface area contributed by atoms with E-state index < -0.39 is 11.5 Å². The summed E-state index contributed by atoms with van der Waals surface area (Å²) in [5.41, 5.74) is 0.447. The van der Waals surface area contributed by atoms with E-state index in [1.165, 1.54) is 4.90 Å². The molecule has 1 saturated heterocycles. The lowest BCUT2D eigenvalue weighted by Gasteiger charge is -2.34. The summed E-state index contributed by atoms with van der Waals surface area (Å²) < 4.78 is 5.97. The molecule has 2 aliphatic rings. The van der Waals surface area contributed by atoms with Crippen LogP contribution in [0.5, 0.6) is 5.75 Å². The molecule has 2 heterocycles. The molecule has 0 radical (unpaired) electrons. The second kappa shape index (κ2) is 4.44. The van der Waals surface area contributed by atoms with Gasteiger partial charge in [0.2, 0.25) is 5.91 Å². The molecule has 4 nitrogen and oxygen atoms in total. The van der Waals surface area contributed by atoms with Crippen LogP contribution in [0.15, 0.2) is 54.6 Å². The van der Waals surface area contributed by atoms with Crippen molar-refractivity contribution >= 4 is 17.5 Å². The zero-order valence-electron chi connectivity index (χ0n) is 12.2. The van der Waals surface area contributed by atoms with Gasteiger partial charge in [-0.2, -0.15) is 0 Å². The molecule has 2 aromatic carbocycles. The van der Waals surface area contributed by atoms with E-state index in [1.807, 2.05) is 42.5 Å². The summed E-state index contributed by atoms with van der Waals surface area (Å²) in [5, 5.41) is 0. The number of hydrogen-bond acceptors (Lipinski definition) is 3. The Hall–Kier alpha value is -2.62. The lowest BCUT2D eigenvalue weighted by Crippen LogP contribution is -2.48. The summed E-state index contributed by atoms with van der Waals surface area (Å²) in [4.78, 5) is 26.9. The Morgan fingerprint density at radius 2 is 1.73 bits per heavy atom. The number of amides is 2. The van der Waals surface area contributed by atoms with Crippen LogP contribution in [-0.4, -0.2) is 17.4 Å². The first-order valence-corrected chi connectivity index (χ1v) is 7.31. The van der Waals surface area contributed by atoms with Crippen LogP contribution in [-0.2, 0) is 16.0 Å². The number of imide groups is 1. The van der Waals surface area contributed by atoms with Crippen LogP contribution in [0.1, 0.15) is 12.5 Å². The standard InChI is InChI=1S/C18H15NO3/c1-18-14(11-12-7-5-6-10-15(12)22-18)16(20)19(17(18)21)13-8-3-2-4-9-13/h2-10,14H,11H2,1H3. The van der Waals surface area contributed by atoms with Gasteiger partial charge in [0.1, 0.15) is 5.75 Å². The number of carbonyl (C=O) groups is 2. The monoisotopic (exact) mass is 293 g/mol. The largest absolute Gasteiger partial charge is 0.477 e. The average molecular weight is 293 g/mol. The van der Waals surface area contributed by atoms with E-state index in [4.69, 9.17) is 4.74 Å². The maximum absolute atomic E-state index is 12.9. The van der Waals surface area contributed by atoms with Gasteiger partial charge in [-0.15, -0.1) is 0 Å². The van der Waals surface area contributed by atoms with Gasteiger partial charge in [0.05, 0.1) is 11.6 Å². The number of anilines is 1. The maximum atomic E-state index is 12.9. The number of rotatable bonds is 1. The highest BCUT2D eigenvalue weighted by Crippen LogP contribution is 2.44. The minimum atomic E-state index is -1.12. The van der Waals surface area contributed by atoms with Crippen LogP contribution in [0, 0.1) is 5.92 Å². The third kappa shape index (κ3) is 1.64. The summed E-state index contributed by atoms with van der Waals surface area (Å²) in [6, 6.07) is 16.6. The highest BCUT2D eigenvalue weighted by molar-refractivity contribution is 6.25. The molecule has 0 N–H and O–H groups in total. The second-order valence-electron chi connectivity index (χ2n) is 5.89. The first-order chi connectivity index (χ1) is 10.6. The molecule has 0 spiro atoms. The van der Waals surface area contributed by atoms with Gasteiger partial charge in [-0.1, -0.05) is 36.4 Å². The molecule has 0 saturated carbocycles. The molecule has 2 aliphatic heterocycles. The Morgan fingerprint density at radius 1 is 1.05 bits per heavy atom. The summed E-state index contributed by atoms with van der Waals surface area (Å²) >= 11 is 0. The van der Waals surface area contributed by atoms with Crippen LogP contribution in [0.4, 0.5) is 5.69 Å². The van der Waals surface area contributed by atoms with Crippen LogP contribution < -0.4 is 9.64 Å². The minimum Gasteiger partial charge on any atom is -0.477 e. The van der Waals surface area contributed by atoms with E-state index in [9.17, 15) is 9.59 Å². The Balaban J connectivity index is 1.80. The smallest absolute Gasteiger partial charge is 0.278 e. The number of hydrogen-bond donors (Lipinski definition) is 0. The van der Waals surface area contributed by atoms with Gasteiger partial charge in [0.25, 0.3) is 5.91 Å². The molecule has 1 fully saturated rings. The molecule has 4 rings (SSSR count). The third-order valence-electron chi connectivity index (χ3n) is 4.54. The topological polar surface area (TPSA) is 46.6 Å². The molecule has 22 heavy (non-hydrogen) atoms. The predicted octanol–water partition coefficient (Wildman–Crippen LogP) is 2.57. The third-order valence-corrected chi connectivity index (χ3v) is 4.54. The normalized spacial score (nSPS) is 26.4. The van der Waals surface area contributed by atoms with Crippen molar-refractivity contribution in [3.05, 3.63) is 60.2 Å². The van der Waals surface area contributed by atoms with E-state index in [0.29, 0.717) is 17.9 Å². The fourth-order valence-corrected chi connectivity index (χ4v) is 3.30. The van der Waals surface area contributed by atoms with E-state index in [0.717, 1.165) is 5.56 Å². The lowest BCUT2D eigenvalue weighted by molar-refractivity contribution is -0.133. The Morgan fingerprint density at radius 3 is 2.50 bits per heavy atom. The zero-order chi connectivity index (χ0) is 15.3. The van der Waals surface area contributed by atoms with Crippen molar-refractivity contribution in [3.8, 4) is 5.75 Å². The molecule has 4 heteroatoms. The number of fused-ring (bicyclic) bond motifs is 2. The van der Waals surface area contributed by atoms with Crippen LogP contribution in [0.2, 0.25) is 0 Å². The number of nitrogens with zero attached hydrogens (tertiary/aromatic N) is 1. The Bertz CT molecular complexity index is 771. The molecule has 2 atom stereocenters. The van der Waals surface area contributed by atoms with Crippen molar-refractivity contribution < 1.29 is 14.3 Å². The molecular formula is C18H15NO3. The van der Waals surface area contributed by atoms with Crippen molar-refractivity contribution in [2.24, 2.45) is 5.92 Å². The molecule has 0 bridgehead atoms. The predicted molar refractivity (Wildman–Crippen MR) is 81.6 cm³/mol. The van der Waals surface area contributed by atoms with Crippen molar-refractivity contribution in [1.29, 1.82) is 0 Å². The van der Waals surface area contributed by atoms with Crippen LogP contribution >= 0.6 is 0 Å².